The number of pyridine rings is 1. The molecule has 0 radical (unpaired) electrons. The normalized spacial score (nSPS) is 21.8. The summed E-state index contributed by atoms with van der Waals surface area (Å²) in [4.78, 5) is 22.2. The quantitative estimate of drug-likeness (QED) is 0.896. The smallest absolute Gasteiger partial charge is 0.253 e. The third kappa shape index (κ3) is 2.65. The lowest BCUT2D eigenvalue weighted by atomic mass is 9.89. The van der Waals surface area contributed by atoms with Crippen molar-refractivity contribution in [1.29, 1.82) is 0 Å². The van der Waals surface area contributed by atoms with Gasteiger partial charge in [-0.3, -0.25) is 9.78 Å². The van der Waals surface area contributed by atoms with Gasteiger partial charge in [0.2, 0.25) is 0 Å². The molecule has 2 aromatic rings. The van der Waals surface area contributed by atoms with Crippen molar-refractivity contribution in [2.24, 2.45) is 10.9 Å². The third-order valence-corrected chi connectivity index (χ3v) is 5.74. The van der Waals surface area contributed by atoms with E-state index in [9.17, 15) is 9.90 Å². The lowest BCUT2D eigenvalue weighted by molar-refractivity contribution is -0.124. The first-order valence-corrected chi connectivity index (χ1v) is 8.81. The fraction of sp³-hybridized carbons (Fsp3) is 0.389. The molecule has 24 heavy (non-hydrogen) atoms. The number of nitrogens with zero attached hydrogens (tertiary/aromatic N) is 2. The van der Waals surface area contributed by atoms with Crippen LogP contribution in [0.1, 0.15) is 48.6 Å². The number of hydrogen-bond donors (Lipinski definition) is 2. The molecule has 5 nitrogen and oxygen atoms in total. The summed E-state index contributed by atoms with van der Waals surface area (Å²) in [5.41, 5.74) is 1.39. The van der Waals surface area contributed by atoms with Gasteiger partial charge in [0, 0.05) is 16.6 Å². The van der Waals surface area contributed by atoms with Crippen LogP contribution in [0.25, 0.3) is 0 Å². The number of carbonyl (C=O) groups excluding carboxylic acids is 1. The van der Waals surface area contributed by atoms with E-state index in [1.165, 1.54) is 11.3 Å². The molecule has 2 unspecified atom stereocenters. The molecule has 1 aliphatic heterocycles. The number of rotatable bonds is 4. The maximum absolute atomic E-state index is 12.4. The van der Waals surface area contributed by atoms with Gasteiger partial charge in [-0.2, -0.15) is 0 Å². The monoisotopic (exact) mass is 343 g/mol. The zero-order valence-corrected chi connectivity index (χ0v) is 15.0. The van der Waals surface area contributed by atoms with Crippen LogP contribution in [-0.4, -0.2) is 27.4 Å². The van der Waals surface area contributed by atoms with Crippen LogP contribution in [0.4, 0.5) is 0 Å². The topological polar surface area (TPSA) is 74.6 Å². The zero-order chi connectivity index (χ0) is 17.5. The number of aliphatic hydroxyl groups excluding tert-OH is 1. The van der Waals surface area contributed by atoms with Gasteiger partial charge >= 0.3 is 0 Å². The van der Waals surface area contributed by atoms with Crippen molar-refractivity contribution >= 4 is 23.1 Å². The van der Waals surface area contributed by atoms with E-state index in [2.05, 4.69) is 15.3 Å². The van der Waals surface area contributed by atoms with Gasteiger partial charge in [-0.1, -0.05) is 19.9 Å². The van der Waals surface area contributed by atoms with Gasteiger partial charge in [0.15, 0.2) is 5.84 Å². The molecule has 3 heterocycles. The SMILES string of the molecule is Cc1ccsc1C(O)c1cccnc1C1=NC(C)(C(C)C)C(=O)N1. The Kier molecular flexibility index (Phi) is 4.27. The van der Waals surface area contributed by atoms with E-state index in [-0.39, 0.29) is 11.8 Å². The molecule has 0 aliphatic carbocycles. The second kappa shape index (κ2) is 6.11. The van der Waals surface area contributed by atoms with E-state index < -0.39 is 11.6 Å². The van der Waals surface area contributed by atoms with Gasteiger partial charge < -0.3 is 10.4 Å². The largest absolute Gasteiger partial charge is 0.383 e. The van der Waals surface area contributed by atoms with Crippen molar-refractivity contribution in [2.75, 3.05) is 0 Å². The number of aliphatic hydroxyl groups is 1. The number of aromatic nitrogens is 1. The standard InChI is InChI=1S/C18H21N3O2S/c1-10(2)18(4)17(23)20-16(21-18)13-12(6-5-8-19-13)14(22)15-11(3)7-9-24-15/h5-10,14,22H,1-4H3,(H,20,21,23). The Hall–Kier alpha value is -2.05. The highest BCUT2D eigenvalue weighted by Crippen LogP contribution is 2.32. The van der Waals surface area contributed by atoms with Crippen molar-refractivity contribution in [2.45, 2.75) is 39.3 Å². The van der Waals surface area contributed by atoms with E-state index in [0.717, 1.165) is 10.4 Å². The predicted octanol–water partition coefficient (Wildman–Crippen LogP) is 2.82. The molecule has 2 aromatic heterocycles. The maximum atomic E-state index is 12.4. The van der Waals surface area contributed by atoms with Crippen molar-refractivity contribution in [3.05, 3.63) is 51.5 Å². The highest BCUT2D eigenvalue weighted by Gasteiger charge is 2.43. The van der Waals surface area contributed by atoms with Crippen molar-refractivity contribution in [3.8, 4) is 0 Å². The van der Waals surface area contributed by atoms with Crippen LogP contribution in [0.2, 0.25) is 0 Å². The summed E-state index contributed by atoms with van der Waals surface area (Å²) in [5.74, 6) is 0.359. The average Bonchev–Trinajstić information content (AvgIpc) is 3.11. The summed E-state index contributed by atoms with van der Waals surface area (Å²) in [5, 5.41) is 15.6. The first-order valence-electron chi connectivity index (χ1n) is 7.93. The molecular formula is C18H21N3O2S. The van der Waals surface area contributed by atoms with Crippen molar-refractivity contribution < 1.29 is 9.90 Å². The van der Waals surface area contributed by atoms with Gasteiger partial charge in [0.05, 0.1) is 0 Å². The Morgan fingerprint density at radius 1 is 1.33 bits per heavy atom. The Morgan fingerprint density at radius 3 is 2.67 bits per heavy atom. The van der Waals surface area contributed by atoms with E-state index in [4.69, 9.17) is 0 Å². The van der Waals surface area contributed by atoms with E-state index in [0.29, 0.717) is 17.1 Å². The summed E-state index contributed by atoms with van der Waals surface area (Å²) in [7, 11) is 0. The van der Waals surface area contributed by atoms with E-state index >= 15 is 0 Å². The molecule has 1 aliphatic rings. The Morgan fingerprint density at radius 2 is 2.08 bits per heavy atom. The second-order valence-electron chi connectivity index (χ2n) is 6.53. The second-order valence-corrected chi connectivity index (χ2v) is 7.48. The molecule has 1 amide bonds. The lowest BCUT2D eigenvalue weighted by Gasteiger charge is -2.21. The van der Waals surface area contributed by atoms with E-state index in [1.807, 2.05) is 45.2 Å². The summed E-state index contributed by atoms with van der Waals surface area (Å²) in [6.07, 6.45) is 0.853. The summed E-state index contributed by atoms with van der Waals surface area (Å²) in [6.45, 7) is 7.72. The van der Waals surface area contributed by atoms with Gasteiger partial charge in [0.1, 0.15) is 17.3 Å². The summed E-state index contributed by atoms with van der Waals surface area (Å²) in [6, 6.07) is 5.58. The first-order chi connectivity index (χ1) is 11.3. The van der Waals surface area contributed by atoms with Crippen LogP contribution >= 0.6 is 11.3 Å². The number of nitrogens with one attached hydrogen (secondary N) is 1. The van der Waals surface area contributed by atoms with Gasteiger partial charge in [-0.15, -0.1) is 11.3 Å². The third-order valence-electron chi connectivity index (χ3n) is 4.67. The molecule has 6 heteroatoms. The van der Waals surface area contributed by atoms with Gasteiger partial charge in [-0.25, -0.2) is 4.99 Å². The minimum absolute atomic E-state index is 0.0617. The van der Waals surface area contributed by atoms with Crippen LogP contribution < -0.4 is 5.32 Å². The molecule has 0 bridgehead atoms. The van der Waals surface area contributed by atoms with Crippen LogP contribution in [0.15, 0.2) is 34.8 Å². The van der Waals surface area contributed by atoms with Crippen LogP contribution in [-0.2, 0) is 4.79 Å². The average molecular weight is 343 g/mol. The minimum atomic E-state index is -0.812. The molecule has 2 atom stereocenters. The number of amidine groups is 1. The number of aliphatic imine (C=N–C) groups is 1. The highest BCUT2D eigenvalue weighted by atomic mass is 32.1. The summed E-state index contributed by atoms with van der Waals surface area (Å²) < 4.78 is 0. The Labute approximate surface area is 145 Å². The molecule has 0 fully saturated rings. The summed E-state index contributed by atoms with van der Waals surface area (Å²) >= 11 is 1.50. The molecule has 2 N–H and O–H groups in total. The zero-order valence-electron chi connectivity index (χ0n) is 14.2. The maximum Gasteiger partial charge on any atom is 0.253 e. The fourth-order valence-electron chi connectivity index (χ4n) is 2.69. The molecule has 3 rings (SSSR count). The number of carbonyl (C=O) groups is 1. The minimum Gasteiger partial charge on any atom is -0.383 e. The van der Waals surface area contributed by atoms with Crippen LogP contribution in [0.5, 0.6) is 0 Å². The number of aryl methyl sites for hydroxylation is 1. The molecule has 0 aromatic carbocycles. The fourth-order valence-corrected chi connectivity index (χ4v) is 3.62. The Bertz CT molecular complexity index is 812. The molecule has 0 saturated carbocycles. The van der Waals surface area contributed by atoms with Crippen molar-refractivity contribution in [1.82, 2.24) is 10.3 Å². The number of hydrogen-bond acceptors (Lipinski definition) is 5. The lowest BCUT2D eigenvalue weighted by Crippen LogP contribution is -2.41. The van der Waals surface area contributed by atoms with E-state index in [1.54, 1.807) is 12.3 Å². The Balaban J connectivity index is 2.05. The highest BCUT2D eigenvalue weighted by molar-refractivity contribution is 7.10. The molecular weight excluding hydrogens is 322 g/mol. The first kappa shape index (κ1) is 16.8. The number of thiophene rings is 1. The predicted molar refractivity (Wildman–Crippen MR) is 95.3 cm³/mol. The van der Waals surface area contributed by atoms with Crippen LogP contribution in [0.3, 0.4) is 0 Å². The van der Waals surface area contributed by atoms with Crippen molar-refractivity contribution in [3.63, 3.8) is 0 Å². The molecule has 0 spiro atoms. The number of amides is 1. The van der Waals surface area contributed by atoms with Gasteiger partial charge in [0.25, 0.3) is 5.91 Å². The van der Waals surface area contributed by atoms with Gasteiger partial charge in [-0.05, 0) is 42.8 Å². The molecule has 126 valence electrons. The molecule has 0 saturated heterocycles. The van der Waals surface area contributed by atoms with Crippen LogP contribution in [0, 0.1) is 12.8 Å².